The average molecular weight is 250 g/mol. The highest BCUT2D eigenvalue weighted by Gasteiger charge is 2.03. The summed E-state index contributed by atoms with van der Waals surface area (Å²) in [5.41, 5.74) is 1.91. The normalized spacial score (nSPS) is 10.9. The van der Waals surface area contributed by atoms with Crippen molar-refractivity contribution in [3.05, 3.63) is 24.0 Å². The Hall–Kier alpha value is -1.23. The van der Waals surface area contributed by atoms with Gasteiger partial charge in [-0.3, -0.25) is 0 Å². The summed E-state index contributed by atoms with van der Waals surface area (Å²) in [7, 11) is 0. The Bertz CT molecular complexity index is 480. The van der Waals surface area contributed by atoms with Crippen LogP contribution in [0.5, 0.6) is 0 Å². The highest BCUT2D eigenvalue weighted by atomic mass is 32.2. The second-order valence-electron chi connectivity index (χ2n) is 3.92. The maximum Gasteiger partial charge on any atom is 0.157 e. The number of anilines is 1. The van der Waals surface area contributed by atoms with Gasteiger partial charge in [-0.2, -0.15) is 21.4 Å². The van der Waals surface area contributed by atoms with Crippen LogP contribution < -0.4 is 5.32 Å². The summed E-state index contributed by atoms with van der Waals surface area (Å²) in [5, 5.41) is 7.67. The lowest BCUT2D eigenvalue weighted by atomic mass is 10.4. The number of nitrogens with zero attached hydrogens (tertiary/aromatic N) is 3. The molecule has 4 nitrogen and oxygen atoms in total. The number of aromatic nitrogens is 3. The second kappa shape index (κ2) is 5.91. The summed E-state index contributed by atoms with van der Waals surface area (Å²) in [6.45, 7) is 5.17. The minimum atomic E-state index is 0.897. The third-order valence-corrected chi connectivity index (χ3v) is 3.58. The van der Waals surface area contributed by atoms with Crippen molar-refractivity contribution in [2.75, 3.05) is 23.4 Å². The molecule has 0 aliphatic rings. The van der Waals surface area contributed by atoms with Crippen LogP contribution in [-0.4, -0.2) is 32.6 Å². The van der Waals surface area contributed by atoms with E-state index in [1.807, 2.05) is 35.3 Å². The molecule has 0 aromatic carbocycles. The highest BCUT2D eigenvalue weighted by molar-refractivity contribution is 7.99. The SMILES string of the molecule is CCCSCCNc1cc(C)nc2ccnn12. The molecule has 0 fully saturated rings. The monoisotopic (exact) mass is 250 g/mol. The number of hydrogen-bond donors (Lipinski definition) is 1. The van der Waals surface area contributed by atoms with E-state index in [0.717, 1.165) is 29.5 Å². The molecule has 2 heterocycles. The maximum atomic E-state index is 4.41. The van der Waals surface area contributed by atoms with E-state index >= 15 is 0 Å². The molecule has 0 atom stereocenters. The van der Waals surface area contributed by atoms with Crippen LogP contribution in [0.25, 0.3) is 5.65 Å². The molecule has 0 aliphatic heterocycles. The first kappa shape index (κ1) is 12.2. The van der Waals surface area contributed by atoms with Crippen LogP contribution in [0, 0.1) is 6.92 Å². The topological polar surface area (TPSA) is 42.2 Å². The van der Waals surface area contributed by atoms with Gasteiger partial charge in [0.15, 0.2) is 5.65 Å². The quantitative estimate of drug-likeness (QED) is 0.800. The van der Waals surface area contributed by atoms with Crippen molar-refractivity contribution in [3.63, 3.8) is 0 Å². The Kier molecular flexibility index (Phi) is 4.25. The Labute approximate surface area is 106 Å². The zero-order valence-corrected chi connectivity index (χ0v) is 11.1. The lowest BCUT2D eigenvalue weighted by Gasteiger charge is -2.08. The minimum Gasteiger partial charge on any atom is -0.369 e. The summed E-state index contributed by atoms with van der Waals surface area (Å²) < 4.78 is 1.84. The second-order valence-corrected chi connectivity index (χ2v) is 5.15. The molecule has 0 bridgehead atoms. The van der Waals surface area contributed by atoms with E-state index in [2.05, 4.69) is 22.3 Å². The van der Waals surface area contributed by atoms with E-state index in [1.54, 1.807) is 6.20 Å². The van der Waals surface area contributed by atoms with Gasteiger partial charge in [0.2, 0.25) is 0 Å². The molecular formula is C12H18N4S. The van der Waals surface area contributed by atoms with Crippen LogP contribution in [0.2, 0.25) is 0 Å². The van der Waals surface area contributed by atoms with E-state index in [9.17, 15) is 0 Å². The average Bonchev–Trinajstić information content (AvgIpc) is 2.76. The molecular weight excluding hydrogens is 232 g/mol. The van der Waals surface area contributed by atoms with E-state index < -0.39 is 0 Å². The minimum absolute atomic E-state index is 0.897. The van der Waals surface area contributed by atoms with Gasteiger partial charge in [-0.05, 0) is 19.1 Å². The predicted molar refractivity (Wildman–Crippen MR) is 73.8 cm³/mol. The number of rotatable bonds is 6. The van der Waals surface area contributed by atoms with Crippen molar-refractivity contribution in [1.82, 2.24) is 14.6 Å². The maximum absolute atomic E-state index is 4.41. The largest absolute Gasteiger partial charge is 0.369 e. The molecule has 1 N–H and O–H groups in total. The van der Waals surface area contributed by atoms with E-state index in [4.69, 9.17) is 0 Å². The molecule has 0 radical (unpaired) electrons. The van der Waals surface area contributed by atoms with E-state index in [-0.39, 0.29) is 0 Å². The Balaban J connectivity index is 2.00. The molecule has 5 heteroatoms. The summed E-state index contributed by atoms with van der Waals surface area (Å²) in [6, 6.07) is 3.95. The van der Waals surface area contributed by atoms with Gasteiger partial charge >= 0.3 is 0 Å². The van der Waals surface area contributed by atoms with Gasteiger partial charge in [-0.1, -0.05) is 6.92 Å². The van der Waals surface area contributed by atoms with Crippen molar-refractivity contribution >= 4 is 23.2 Å². The summed E-state index contributed by atoms with van der Waals surface area (Å²) >= 11 is 1.98. The smallest absolute Gasteiger partial charge is 0.157 e. The summed E-state index contributed by atoms with van der Waals surface area (Å²) in [6.07, 6.45) is 3.02. The number of fused-ring (bicyclic) bond motifs is 1. The zero-order chi connectivity index (χ0) is 12.1. The van der Waals surface area contributed by atoms with Crippen molar-refractivity contribution in [2.45, 2.75) is 20.3 Å². The molecule has 0 saturated heterocycles. The van der Waals surface area contributed by atoms with Crippen molar-refractivity contribution in [1.29, 1.82) is 0 Å². The number of aryl methyl sites for hydroxylation is 1. The molecule has 2 aromatic heterocycles. The van der Waals surface area contributed by atoms with E-state index in [0.29, 0.717) is 0 Å². The van der Waals surface area contributed by atoms with Crippen molar-refractivity contribution < 1.29 is 0 Å². The van der Waals surface area contributed by atoms with Gasteiger partial charge in [-0.25, -0.2) is 4.98 Å². The summed E-state index contributed by atoms with van der Waals surface area (Å²) in [4.78, 5) is 4.41. The third kappa shape index (κ3) is 3.12. The van der Waals surface area contributed by atoms with Gasteiger partial charge in [0.05, 0.1) is 6.20 Å². The predicted octanol–water partition coefficient (Wildman–Crippen LogP) is 2.59. The number of hydrogen-bond acceptors (Lipinski definition) is 4. The first-order chi connectivity index (χ1) is 8.31. The lowest BCUT2D eigenvalue weighted by Crippen LogP contribution is -2.09. The van der Waals surface area contributed by atoms with E-state index in [1.165, 1.54) is 12.2 Å². The van der Waals surface area contributed by atoms with Gasteiger partial charge in [0, 0.05) is 30.1 Å². The number of nitrogens with one attached hydrogen (secondary N) is 1. The molecule has 0 aliphatic carbocycles. The molecule has 0 amide bonds. The Morgan fingerprint density at radius 3 is 3.12 bits per heavy atom. The van der Waals surface area contributed by atoms with Gasteiger partial charge in [0.25, 0.3) is 0 Å². The van der Waals surface area contributed by atoms with Crippen LogP contribution >= 0.6 is 11.8 Å². The van der Waals surface area contributed by atoms with Gasteiger partial charge < -0.3 is 5.32 Å². The third-order valence-electron chi connectivity index (χ3n) is 2.39. The summed E-state index contributed by atoms with van der Waals surface area (Å²) in [5.74, 6) is 3.38. The van der Waals surface area contributed by atoms with Crippen LogP contribution in [0.3, 0.4) is 0 Å². The molecule has 2 rings (SSSR count). The fraction of sp³-hybridized carbons (Fsp3) is 0.500. The first-order valence-corrected chi connectivity index (χ1v) is 7.09. The molecule has 17 heavy (non-hydrogen) atoms. The Morgan fingerprint density at radius 1 is 1.41 bits per heavy atom. The molecule has 0 unspecified atom stereocenters. The van der Waals surface area contributed by atoms with Crippen LogP contribution in [0.4, 0.5) is 5.82 Å². The molecule has 92 valence electrons. The highest BCUT2D eigenvalue weighted by Crippen LogP contribution is 2.12. The van der Waals surface area contributed by atoms with Crippen LogP contribution in [0.15, 0.2) is 18.3 Å². The Morgan fingerprint density at radius 2 is 2.29 bits per heavy atom. The van der Waals surface area contributed by atoms with Crippen molar-refractivity contribution in [3.8, 4) is 0 Å². The van der Waals surface area contributed by atoms with Gasteiger partial charge in [-0.15, -0.1) is 0 Å². The lowest BCUT2D eigenvalue weighted by molar-refractivity contribution is 0.924. The molecule has 2 aromatic rings. The van der Waals surface area contributed by atoms with Crippen LogP contribution in [-0.2, 0) is 0 Å². The van der Waals surface area contributed by atoms with Crippen molar-refractivity contribution in [2.24, 2.45) is 0 Å². The van der Waals surface area contributed by atoms with Gasteiger partial charge in [0.1, 0.15) is 5.82 Å². The number of thioether (sulfide) groups is 1. The zero-order valence-electron chi connectivity index (χ0n) is 10.3. The van der Waals surface area contributed by atoms with Crippen LogP contribution in [0.1, 0.15) is 19.0 Å². The molecule has 0 spiro atoms. The first-order valence-electron chi connectivity index (χ1n) is 5.94. The standard InChI is InChI=1S/C12H18N4S/c1-3-7-17-8-6-13-12-9-10(2)15-11-4-5-14-16(11)12/h4-5,9,13H,3,6-8H2,1-2H3. The molecule has 0 saturated carbocycles. The fourth-order valence-electron chi connectivity index (χ4n) is 1.66. The fourth-order valence-corrected chi connectivity index (χ4v) is 2.40.